The van der Waals surface area contributed by atoms with Crippen molar-refractivity contribution in [2.75, 3.05) is 0 Å². The second-order valence-corrected chi connectivity index (χ2v) is 23.1. The average Bonchev–Trinajstić information content (AvgIpc) is 3.01. The van der Waals surface area contributed by atoms with Crippen LogP contribution in [0, 0.1) is 0 Å². The molecule has 40 heavy (non-hydrogen) atoms. The summed E-state index contributed by atoms with van der Waals surface area (Å²) in [6.07, 6.45) is 0. The SMILES string of the molecule is [Cu].[Li+].c1cc[c]([Sn]([c]2ccccc2)[c]2ccccc2)cc1.c1cc[c]([Sn]([c]2ccccc2)[c]2ccccc2)cc1. The fraction of sp³-hybridized carbons (Fsp3) is 0. The van der Waals surface area contributed by atoms with Crippen LogP contribution in [0.15, 0.2) is 182 Å². The second kappa shape index (κ2) is 17.8. The van der Waals surface area contributed by atoms with Crippen LogP contribution in [0.2, 0.25) is 0 Å². The molecule has 0 nitrogen and oxygen atoms in total. The van der Waals surface area contributed by atoms with Crippen molar-refractivity contribution < 1.29 is 35.9 Å². The summed E-state index contributed by atoms with van der Waals surface area (Å²) in [5, 5.41) is 0. The van der Waals surface area contributed by atoms with Crippen molar-refractivity contribution in [2.45, 2.75) is 0 Å². The Labute approximate surface area is 276 Å². The molecule has 6 aromatic rings. The number of rotatable bonds is 6. The van der Waals surface area contributed by atoms with Crippen molar-refractivity contribution >= 4 is 61.0 Å². The maximum absolute atomic E-state index is 2.29. The van der Waals surface area contributed by atoms with Crippen LogP contribution >= 0.6 is 0 Å². The fourth-order valence-corrected chi connectivity index (χ4v) is 19.3. The van der Waals surface area contributed by atoms with Gasteiger partial charge in [0.25, 0.3) is 0 Å². The molecule has 193 valence electrons. The average molecular weight is 771 g/mol. The summed E-state index contributed by atoms with van der Waals surface area (Å²) >= 11 is -3.96. The Hall–Kier alpha value is -1.97. The van der Waals surface area contributed by atoms with E-state index >= 15 is 0 Å². The molecule has 0 aliphatic carbocycles. The number of hydrogen-bond donors (Lipinski definition) is 0. The molecule has 0 aliphatic rings. The van der Waals surface area contributed by atoms with Gasteiger partial charge in [0.15, 0.2) is 0 Å². The van der Waals surface area contributed by atoms with Crippen LogP contribution in [0.4, 0.5) is 0 Å². The van der Waals surface area contributed by atoms with Gasteiger partial charge in [0.1, 0.15) is 0 Å². The Balaban J connectivity index is 0.000000210. The first-order valence-corrected chi connectivity index (χ1v) is 21.5. The Morgan fingerprint density at radius 1 is 0.225 bits per heavy atom. The van der Waals surface area contributed by atoms with Gasteiger partial charge in [-0.05, 0) is 0 Å². The zero-order valence-electron chi connectivity index (χ0n) is 22.6. The number of benzene rings is 6. The monoisotopic (exact) mass is 772 g/mol. The summed E-state index contributed by atoms with van der Waals surface area (Å²) in [5.41, 5.74) is 0. The third kappa shape index (κ3) is 9.02. The first kappa shape index (κ1) is 32.5. The molecule has 0 aromatic heterocycles. The Morgan fingerprint density at radius 3 is 0.475 bits per heavy atom. The van der Waals surface area contributed by atoms with Gasteiger partial charge < -0.3 is 0 Å². The molecule has 0 amide bonds. The summed E-state index contributed by atoms with van der Waals surface area (Å²) < 4.78 is 9.18. The van der Waals surface area contributed by atoms with Gasteiger partial charge in [-0.3, -0.25) is 0 Å². The molecule has 0 saturated carbocycles. The van der Waals surface area contributed by atoms with Crippen molar-refractivity contribution in [1.29, 1.82) is 0 Å². The molecule has 0 fully saturated rings. The minimum atomic E-state index is -1.98. The van der Waals surface area contributed by atoms with Crippen molar-refractivity contribution in [3.05, 3.63) is 182 Å². The Morgan fingerprint density at radius 2 is 0.350 bits per heavy atom. The van der Waals surface area contributed by atoms with Crippen LogP contribution in [0.5, 0.6) is 0 Å². The molecule has 0 saturated heterocycles. The van der Waals surface area contributed by atoms with Gasteiger partial charge in [-0.1, -0.05) is 0 Å². The zero-order chi connectivity index (χ0) is 25.8. The molecule has 0 N–H and O–H groups in total. The zero-order valence-corrected chi connectivity index (χ0v) is 29.3. The summed E-state index contributed by atoms with van der Waals surface area (Å²) in [7, 11) is 0. The summed E-state index contributed by atoms with van der Waals surface area (Å²) in [6, 6.07) is 65.9. The predicted octanol–water partition coefficient (Wildman–Crippen LogP) is 1.41. The molecule has 0 aliphatic heterocycles. The Kier molecular flexibility index (Phi) is 14.5. The van der Waals surface area contributed by atoms with E-state index in [1.165, 1.54) is 21.5 Å². The second-order valence-electron chi connectivity index (χ2n) is 8.95. The summed E-state index contributed by atoms with van der Waals surface area (Å²) in [5.74, 6) is 0. The molecule has 0 spiro atoms. The molecule has 0 heterocycles. The van der Waals surface area contributed by atoms with E-state index in [1.807, 2.05) is 0 Å². The Bertz CT molecular complexity index is 1180. The molecule has 6 rings (SSSR count). The summed E-state index contributed by atoms with van der Waals surface area (Å²) in [4.78, 5) is 0. The molecular formula is C36H30CuLiSn2+. The first-order chi connectivity index (χ1) is 18.9. The van der Waals surface area contributed by atoms with Gasteiger partial charge in [0.2, 0.25) is 0 Å². The van der Waals surface area contributed by atoms with E-state index in [0.29, 0.717) is 0 Å². The fourth-order valence-electron chi connectivity index (χ4n) is 4.63. The van der Waals surface area contributed by atoms with E-state index in [1.54, 1.807) is 0 Å². The van der Waals surface area contributed by atoms with Crippen molar-refractivity contribution in [3.63, 3.8) is 0 Å². The van der Waals surface area contributed by atoms with Crippen LogP contribution in [-0.2, 0) is 17.1 Å². The molecule has 3 radical (unpaired) electrons. The van der Waals surface area contributed by atoms with Crippen LogP contribution < -0.4 is 40.3 Å². The third-order valence-corrected chi connectivity index (χ3v) is 22.0. The van der Waals surface area contributed by atoms with Gasteiger partial charge in [-0.25, -0.2) is 0 Å². The number of hydrogen-bond acceptors (Lipinski definition) is 0. The van der Waals surface area contributed by atoms with Gasteiger partial charge in [0.05, 0.1) is 0 Å². The van der Waals surface area contributed by atoms with E-state index in [9.17, 15) is 0 Å². The predicted molar refractivity (Wildman–Crippen MR) is 168 cm³/mol. The molecule has 0 bridgehead atoms. The standard InChI is InChI=1S/6C6H5.Cu.Li.2Sn/c6*1-2-4-6-5-3-1;;;;/h6*1-5H;;;;/q;;;;;;;+1;;. The molecule has 0 unspecified atom stereocenters. The van der Waals surface area contributed by atoms with E-state index < -0.39 is 39.5 Å². The van der Waals surface area contributed by atoms with Crippen molar-refractivity contribution in [2.24, 2.45) is 0 Å². The molecular weight excluding hydrogens is 740 g/mol. The van der Waals surface area contributed by atoms with E-state index in [2.05, 4.69) is 182 Å². The topological polar surface area (TPSA) is 0 Å². The first-order valence-electron chi connectivity index (χ1n) is 13.0. The summed E-state index contributed by atoms with van der Waals surface area (Å²) in [6.45, 7) is 0. The van der Waals surface area contributed by atoms with Crippen LogP contribution in [0.1, 0.15) is 0 Å². The molecule has 0 atom stereocenters. The van der Waals surface area contributed by atoms with Crippen LogP contribution in [-0.4, -0.2) is 39.5 Å². The molecule has 6 aromatic carbocycles. The minimum absolute atomic E-state index is 0. The normalized spacial score (nSPS) is 10.1. The van der Waals surface area contributed by atoms with Gasteiger partial charge in [-0.15, -0.1) is 0 Å². The van der Waals surface area contributed by atoms with Gasteiger partial charge in [-0.2, -0.15) is 0 Å². The third-order valence-electron chi connectivity index (χ3n) is 6.37. The quantitative estimate of drug-likeness (QED) is 0.225. The van der Waals surface area contributed by atoms with E-state index in [0.717, 1.165) is 0 Å². The van der Waals surface area contributed by atoms with Gasteiger partial charge in [0, 0.05) is 17.1 Å². The van der Waals surface area contributed by atoms with E-state index in [-0.39, 0.29) is 35.9 Å². The van der Waals surface area contributed by atoms with E-state index in [4.69, 9.17) is 0 Å². The van der Waals surface area contributed by atoms with Gasteiger partial charge >= 0.3 is 262 Å². The van der Waals surface area contributed by atoms with Crippen molar-refractivity contribution in [3.8, 4) is 0 Å². The van der Waals surface area contributed by atoms with Crippen LogP contribution in [0.25, 0.3) is 0 Å². The van der Waals surface area contributed by atoms with Crippen molar-refractivity contribution in [1.82, 2.24) is 0 Å². The maximum atomic E-state index is 2.29. The van der Waals surface area contributed by atoms with Crippen LogP contribution in [0.3, 0.4) is 0 Å². The molecule has 4 heteroatoms.